The number of benzene rings is 2. The number of nitrogens with one attached hydrogen (secondary N) is 1. The zero-order chi connectivity index (χ0) is 15.2. The van der Waals surface area contributed by atoms with Crippen molar-refractivity contribution in [1.29, 1.82) is 0 Å². The smallest absolute Gasteiger partial charge is 0.0591 e. The van der Waals surface area contributed by atoms with Crippen LogP contribution in [0, 0.1) is 0 Å². The van der Waals surface area contributed by atoms with Crippen LogP contribution < -0.4 is 5.32 Å². The first kappa shape index (κ1) is 16.5. The van der Waals surface area contributed by atoms with Gasteiger partial charge in [0.2, 0.25) is 0 Å². The zero-order valence-corrected chi connectivity index (χ0v) is 14.8. The monoisotopic (exact) mass is 365 g/mol. The Morgan fingerprint density at radius 2 is 1.95 bits per heavy atom. The Kier molecular flexibility index (Phi) is 6.28. The molecule has 2 rings (SSSR count). The summed E-state index contributed by atoms with van der Waals surface area (Å²) < 4.78 is 1.05. The van der Waals surface area contributed by atoms with E-state index >= 15 is 0 Å². The second-order valence-corrected chi connectivity index (χ2v) is 6.47. The summed E-state index contributed by atoms with van der Waals surface area (Å²) in [6.45, 7) is 5.32. The number of hydrogen-bond acceptors (Lipinski definition) is 1. The van der Waals surface area contributed by atoms with Crippen molar-refractivity contribution in [2.24, 2.45) is 0 Å². The third kappa shape index (κ3) is 4.32. The van der Waals surface area contributed by atoms with Crippen molar-refractivity contribution in [3.63, 3.8) is 0 Å². The molecule has 0 radical (unpaired) electrons. The van der Waals surface area contributed by atoms with Crippen LogP contribution in [0.1, 0.15) is 43.0 Å². The van der Waals surface area contributed by atoms with Gasteiger partial charge in [0, 0.05) is 9.50 Å². The molecule has 0 aliphatic rings. The predicted molar refractivity (Wildman–Crippen MR) is 95.1 cm³/mol. The Bertz CT molecular complexity index is 598. The fraction of sp³-hybridized carbons (Fsp3) is 0.333. The first-order valence-corrected chi connectivity index (χ1v) is 8.60. The highest BCUT2D eigenvalue weighted by atomic mass is 79.9. The minimum atomic E-state index is 0.126. The highest BCUT2D eigenvalue weighted by Gasteiger charge is 2.17. The summed E-state index contributed by atoms with van der Waals surface area (Å²) >= 11 is 9.98. The zero-order valence-electron chi connectivity index (χ0n) is 12.5. The Hall–Kier alpha value is -0.830. The van der Waals surface area contributed by atoms with Crippen molar-refractivity contribution in [3.8, 4) is 0 Å². The summed E-state index contributed by atoms with van der Waals surface area (Å²) in [6, 6.07) is 14.9. The van der Waals surface area contributed by atoms with Crippen molar-refractivity contribution in [2.75, 3.05) is 6.54 Å². The molecule has 1 nitrogen and oxygen atoms in total. The standard InChI is InChI=1S/C18H21BrClN/c1-3-10-21-18(14-7-5-6-13(4-2)11-14)16-12-15(19)8-9-17(16)20/h5-9,11-12,18,21H,3-4,10H2,1-2H3. The first-order chi connectivity index (χ1) is 10.2. The highest BCUT2D eigenvalue weighted by molar-refractivity contribution is 9.10. The summed E-state index contributed by atoms with van der Waals surface area (Å²) in [5.41, 5.74) is 3.73. The van der Waals surface area contributed by atoms with Gasteiger partial charge in [-0.15, -0.1) is 0 Å². The van der Waals surface area contributed by atoms with Gasteiger partial charge in [-0.3, -0.25) is 0 Å². The second kappa shape index (κ2) is 7.98. The van der Waals surface area contributed by atoms with E-state index in [1.807, 2.05) is 12.1 Å². The Labute approximate surface area is 140 Å². The summed E-state index contributed by atoms with van der Waals surface area (Å²) in [4.78, 5) is 0. The molecule has 0 saturated carbocycles. The van der Waals surface area contributed by atoms with Gasteiger partial charge in [0.1, 0.15) is 0 Å². The van der Waals surface area contributed by atoms with Gasteiger partial charge in [-0.05, 0) is 54.3 Å². The molecule has 0 heterocycles. The fourth-order valence-electron chi connectivity index (χ4n) is 2.42. The van der Waals surface area contributed by atoms with Gasteiger partial charge in [-0.2, -0.15) is 0 Å². The summed E-state index contributed by atoms with van der Waals surface area (Å²) in [7, 11) is 0. The minimum Gasteiger partial charge on any atom is -0.306 e. The Morgan fingerprint density at radius 3 is 2.67 bits per heavy atom. The molecule has 3 heteroatoms. The lowest BCUT2D eigenvalue weighted by molar-refractivity contribution is 0.598. The SMILES string of the molecule is CCCNC(c1cccc(CC)c1)c1cc(Br)ccc1Cl. The van der Waals surface area contributed by atoms with Gasteiger partial charge in [0.05, 0.1) is 6.04 Å². The van der Waals surface area contributed by atoms with Crippen LogP contribution >= 0.6 is 27.5 Å². The second-order valence-electron chi connectivity index (χ2n) is 5.15. The van der Waals surface area contributed by atoms with Gasteiger partial charge < -0.3 is 5.32 Å². The summed E-state index contributed by atoms with van der Waals surface area (Å²) in [5.74, 6) is 0. The van der Waals surface area contributed by atoms with E-state index < -0.39 is 0 Å². The van der Waals surface area contributed by atoms with E-state index in [-0.39, 0.29) is 6.04 Å². The van der Waals surface area contributed by atoms with Gasteiger partial charge in [0.25, 0.3) is 0 Å². The van der Waals surface area contributed by atoms with E-state index in [2.05, 4.69) is 65.4 Å². The third-order valence-electron chi connectivity index (χ3n) is 3.56. The van der Waals surface area contributed by atoms with Crippen LogP contribution in [0.2, 0.25) is 5.02 Å². The number of halogens is 2. The van der Waals surface area contributed by atoms with Crippen molar-refractivity contribution in [3.05, 3.63) is 68.7 Å². The Morgan fingerprint density at radius 1 is 1.14 bits per heavy atom. The molecule has 2 aromatic rings. The van der Waals surface area contributed by atoms with Gasteiger partial charge in [0.15, 0.2) is 0 Å². The van der Waals surface area contributed by atoms with E-state index in [0.717, 1.165) is 34.4 Å². The van der Waals surface area contributed by atoms with E-state index in [0.29, 0.717) is 0 Å². The van der Waals surface area contributed by atoms with Gasteiger partial charge in [-0.1, -0.05) is 65.6 Å². The molecule has 0 amide bonds. The van der Waals surface area contributed by atoms with Crippen LogP contribution in [0.25, 0.3) is 0 Å². The average Bonchev–Trinajstić information content (AvgIpc) is 2.51. The van der Waals surface area contributed by atoms with Crippen LogP contribution in [0.5, 0.6) is 0 Å². The van der Waals surface area contributed by atoms with Crippen molar-refractivity contribution in [2.45, 2.75) is 32.7 Å². The van der Waals surface area contributed by atoms with Crippen LogP contribution in [0.15, 0.2) is 46.9 Å². The van der Waals surface area contributed by atoms with Crippen LogP contribution in [0.4, 0.5) is 0 Å². The molecule has 1 N–H and O–H groups in total. The number of rotatable bonds is 6. The molecule has 0 spiro atoms. The van der Waals surface area contributed by atoms with E-state index in [4.69, 9.17) is 11.6 Å². The predicted octanol–water partition coefficient (Wildman–Crippen LogP) is 5.75. The van der Waals surface area contributed by atoms with Crippen molar-refractivity contribution < 1.29 is 0 Å². The topological polar surface area (TPSA) is 12.0 Å². The highest BCUT2D eigenvalue weighted by Crippen LogP contribution is 2.31. The normalized spacial score (nSPS) is 12.4. The largest absolute Gasteiger partial charge is 0.306 e. The van der Waals surface area contributed by atoms with Crippen LogP contribution in [0.3, 0.4) is 0 Å². The summed E-state index contributed by atoms with van der Waals surface area (Å²) in [6.07, 6.45) is 2.14. The fourth-order valence-corrected chi connectivity index (χ4v) is 3.03. The number of aryl methyl sites for hydroxylation is 1. The Balaban J connectivity index is 2.44. The molecule has 1 atom stereocenters. The lowest BCUT2D eigenvalue weighted by atomic mass is 9.96. The first-order valence-electron chi connectivity index (χ1n) is 7.42. The molecule has 2 aromatic carbocycles. The molecule has 0 aromatic heterocycles. The van der Waals surface area contributed by atoms with E-state index in [1.165, 1.54) is 11.1 Å². The molecule has 0 fully saturated rings. The minimum absolute atomic E-state index is 0.126. The van der Waals surface area contributed by atoms with Crippen LogP contribution in [-0.2, 0) is 6.42 Å². The van der Waals surface area contributed by atoms with Gasteiger partial charge in [-0.25, -0.2) is 0 Å². The van der Waals surface area contributed by atoms with Crippen molar-refractivity contribution >= 4 is 27.5 Å². The summed E-state index contributed by atoms with van der Waals surface area (Å²) in [5, 5.41) is 4.42. The maximum atomic E-state index is 6.43. The number of hydrogen-bond donors (Lipinski definition) is 1. The lowest BCUT2D eigenvalue weighted by Crippen LogP contribution is -2.23. The molecule has 0 aliphatic carbocycles. The molecule has 0 aliphatic heterocycles. The lowest BCUT2D eigenvalue weighted by Gasteiger charge is -2.21. The quantitative estimate of drug-likeness (QED) is 0.686. The molecule has 21 heavy (non-hydrogen) atoms. The average molecular weight is 367 g/mol. The third-order valence-corrected chi connectivity index (χ3v) is 4.40. The maximum Gasteiger partial charge on any atom is 0.0591 e. The molecule has 0 saturated heterocycles. The van der Waals surface area contributed by atoms with Crippen LogP contribution in [-0.4, -0.2) is 6.54 Å². The molecular formula is C18H21BrClN. The van der Waals surface area contributed by atoms with E-state index in [9.17, 15) is 0 Å². The maximum absolute atomic E-state index is 6.43. The molecule has 112 valence electrons. The van der Waals surface area contributed by atoms with Crippen molar-refractivity contribution in [1.82, 2.24) is 5.32 Å². The van der Waals surface area contributed by atoms with E-state index in [1.54, 1.807) is 0 Å². The van der Waals surface area contributed by atoms with Gasteiger partial charge >= 0.3 is 0 Å². The molecule has 1 unspecified atom stereocenters. The molecular weight excluding hydrogens is 346 g/mol. The molecule has 0 bridgehead atoms.